The fraction of sp³-hybridized carbons (Fsp3) is 0.750. The van der Waals surface area contributed by atoms with Gasteiger partial charge < -0.3 is 15.9 Å². The summed E-state index contributed by atoms with van der Waals surface area (Å²) in [4.78, 5) is 0. The van der Waals surface area contributed by atoms with E-state index in [1.54, 1.807) is 6.92 Å². The van der Waals surface area contributed by atoms with Crippen molar-refractivity contribution in [3.8, 4) is 0 Å². The molecule has 0 saturated heterocycles. The molecule has 0 aliphatic heterocycles. The molecule has 0 spiro atoms. The summed E-state index contributed by atoms with van der Waals surface area (Å²) in [7, 11) is 0. The Labute approximate surface area is 67.5 Å². The molecule has 3 nitrogen and oxygen atoms in total. The zero-order valence-corrected chi connectivity index (χ0v) is 6.93. The molecule has 0 aromatic carbocycles. The number of rotatable bonds is 6. The standard InChI is InChI=1S/C8H16N2O/c1-7(10)3-2-4-8(11)5-6-9/h6,8-11H,2-5H2,1H3. The Balaban J connectivity index is 3.23. The highest BCUT2D eigenvalue weighted by atomic mass is 16.3. The molecule has 0 rings (SSSR count). The minimum atomic E-state index is -0.383. The molecule has 0 heterocycles. The second-order valence-electron chi connectivity index (χ2n) is 2.77. The quantitative estimate of drug-likeness (QED) is 0.502. The molecule has 1 atom stereocenters. The van der Waals surface area contributed by atoms with Crippen molar-refractivity contribution in [2.24, 2.45) is 0 Å². The topological polar surface area (TPSA) is 67.9 Å². The predicted molar refractivity (Wildman–Crippen MR) is 46.7 cm³/mol. The Kier molecular flexibility index (Phi) is 5.65. The maximum atomic E-state index is 9.14. The van der Waals surface area contributed by atoms with Crippen LogP contribution in [0.15, 0.2) is 0 Å². The van der Waals surface area contributed by atoms with Crippen LogP contribution in [-0.4, -0.2) is 23.1 Å². The molecule has 0 aromatic rings. The second-order valence-corrected chi connectivity index (χ2v) is 2.77. The van der Waals surface area contributed by atoms with Crippen molar-refractivity contribution in [1.29, 1.82) is 10.8 Å². The first-order valence-electron chi connectivity index (χ1n) is 3.88. The number of aliphatic hydroxyl groups is 1. The number of nitrogens with one attached hydrogen (secondary N) is 2. The Morgan fingerprint density at radius 1 is 1.64 bits per heavy atom. The van der Waals surface area contributed by atoms with Crippen LogP contribution in [0.2, 0.25) is 0 Å². The molecule has 3 heteroatoms. The van der Waals surface area contributed by atoms with Crippen molar-refractivity contribution in [3.63, 3.8) is 0 Å². The maximum Gasteiger partial charge on any atom is 0.0589 e. The SMILES string of the molecule is CC(=N)CCCC(O)CC=N. The van der Waals surface area contributed by atoms with Gasteiger partial charge in [0.2, 0.25) is 0 Å². The highest BCUT2D eigenvalue weighted by Gasteiger charge is 2.00. The summed E-state index contributed by atoms with van der Waals surface area (Å²) in [6, 6.07) is 0. The molecule has 0 amide bonds. The molecule has 3 N–H and O–H groups in total. The number of hydrogen-bond donors (Lipinski definition) is 3. The predicted octanol–water partition coefficient (Wildman–Crippen LogP) is 1.60. The fourth-order valence-corrected chi connectivity index (χ4v) is 0.857. The summed E-state index contributed by atoms with van der Waals surface area (Å²) in [5, 5.41) is 23.0. The van der Waals surface area contributed by atoms with Gasteiger partial charge in [0.15, 0.2) is 0 Å². The van der Waals surface area contributed by atoms with E-state index in [0.717, 1.165) is 12.8 Å². The van der Waals surface area contributed by atoms with E-state index in [1.807, 2.05) is 0 Å². The van der Waals surface area contributed by atoms with Crippen LogP contribution in [0, 0.1) is 10.8 Å². The van der Waals surface area contributed by atoms with Crippen LogP contribution in [0.4, 0.5) is 0 Å². The Morgan fingerprint density at radius 3 is 2.73 bits per heavy atom. The van der Waals surface area contributed by atoms with Crippen molar-refractivity contribution in [1.82, 2.24) is 0 Å². The van der Waals surface area contributed by atoms with E-state index in [0.29, 0.717) is 18.6 Å². The van der Waals surface area contributed by atoms with Crippen LogP contribution in [0.5, 0.6) is 0 Å². The average molecular weight is 156 g/mol. The van der Waals surface area contributed by atoms with Gasteiger partial charge in [0.1, 0.15) is 0 Å². The van der Waals surface area contributed by atoms with Gasteiger partial charge in [0.05, 0.1) is 6.10 Å². The van der Waals surface area contributed by atoms with Crippen LogP contribution in [0.3, 0.4) is 0 Å². The zero-order valence-electron chi connectivity index (χ0n) is 6.93. The van der Waals surface area contributed by atoms with Crippen molar-refractivity contribution < 1.29 is 5.11 Å². The molecular weight excluding hydrogens is 140 g/mol. The first-order valence-corrected chi connectivity index (χ1v) is 3.88. The largest absolute Gasteiger partial charge is 0.393 e. The summed E-state index contributed by atoms with van der Waals surface area (Å²) in [5.74, 6) is 0. The highest BCUT2D eigenvalue weighted by Crippen LogP contribution is 2.03. The van der Waals surface area contributed by atoms with Crippen LogP contribution < -0.4 is 0 Å². The van der Waals surface area contributed by atoms with Gasteiger partial charge in [-0.2, -0.15) is 0 Å². The second kappa shape index (κ2) is 6.04. The smallest absolute Gasteiger partial charge is 0.0589 e. The third kappa shape index (κ3) is 7.19. The Morgan fingerprint density at radius 2 is 2.27 bits per heavy atom. The summed E-state index contributed by atoms with van der Waals surface area (Å²) in [5.41, 5.74) is 0.659. The molecule has 11 heavy (non-hydrogen) atoms. The molecule has 0 aliphatic carbocycles. The molecule has 64 valence electrons. The van der Waals surface area contributed by atoms with E-state index in [2.05, 4.69) is 0 Å². The molecule has 0 radical (unpaired) electrons. The molecule has 0 aromatic heterocycles. The van der Waals surface area contributed by atoms with Crippen molar-refractivity contribution in [3.05, 3.63) is 0 Å². The summed E-state index contributed by atoms with van der Waals surface area (Å²) < 4.78 is 0. The van der Waals surface area contributed by atoms with Crippen LogP contribution in [0.25, 0.3) is 0 Å². The van der Waals surface area contributed by atoms with E-state index < -0.39 is 0 Å². The fourth-order valence-electron chi connectivity index (χ4n) is 0.857. The molecule has 0 aliphatic rings. The van der Waals surface area contributed by atoms with E-state index >= 15 is 0 Å². The normalized spacial score (nSPS) is 12.5. The van der Waals surface area contributed by atoms with Gasteiger partial charge in [0, 0.05) is 12.1 Å². The molecule has 0 saturated carbocycles. The van der Waals surface area contributed by atoms with Crippen LogP contribution in [-0.2, 0) is 0 Å². The van der Waals surface area contributed by atoms with Crippen LogP contribution >= 0.6 is 0 Å². The van der Waals surface area contributed by atoms with E-state index in [4.69, 9.17) is 15.9 Å². The minimum absolute atomic E-state index is 0.383. The van der Waals surface area contributed by atoms with Crippen LogP contribution in [0.1, 0.15) is 32.6 Å². The van der Waals surface area contributed by atoms with Crippen molar-refractivity contribution >= 4 is 11.9 Å². The van der Waals surface area contributed by atoms with E-state index in [9.17, 15) is 0 Å². The van der Waals surface area contributed by atoms with Gasteiger partial charge in [-0.3, -0.25) is 0 Å². The van der Waals surface area contributed by atoms with Crippen molar-refractivity contribution in [2.45, 2.75) is 38.7 Å². The first kappa shape index (κ1) is 10.3. The van der Waals surface area contributed by atoms with Gasteiger partial charge in [-0.1, -0.05) is 0 Å². The van der Waals surface area contributed by atoms with Crippen molar-refractivity contribution in [2.75, 3.05) is 0 Å². The lowest BCUT2D eigenvalue weighted by atomic mass is 10.1. The zero-order chi connectivity index (χ0) is 8.69. The summed E-state index contributed by atoms with van der Waals surface area (Å²) in [6.45, 7) is 1.77. The highest BCUT2D eigenvalue weighted by molar-refractivity contribution is 5.78. The summed E-state index contributed by atoms with van der Waals surface area (Å²) in [6.07, 6.45) is 3.59. The molecule has 0 fully saturated rings. The van der Waals surface area contributed by atoms with Gasteiger partial charge in [0.25, 0.3) is 0 Å². The van der Waals surface area contributed by atoms with Gasteiger partial charge in [-0.25, -0.2) is 0 Å². The monoisotopic (exact) mass is 156 g/mol. The lowest BCUT2D eigenvalue weighted by molar-refractivity contribution is 0.171. The van der Waals surface area contributed by atoms with E-state index in [1.165, 1.54) is 6.21 Å². The lowest BCUT2D eigenvalue weighted by Gasteiger charge is -2.05. The molecular formula is C8H16N2O. The lowest BCUT2D eigenvalue weighted by Crippen LogP contribution is -2.06. The average Bonchev–Trinajstić information content (AvgIpc) is 1.87. The van der Waals surface area contributed by atoms with Gasteiger partial charge in [-0.05, 0) is 32.4 Å². The van der Waals surface area contributed by atoms with Gasteiger partial charge in [-0.15, -0.1) is 0 Å². The Bertz CT molecular complexity index is 134. The Hall–Kier alpha value is -0.700. The molecule has 1 unspecified atom stereocenters. The van der Waals surface area contributed by atoms with Gasteiger partial charge >= 0.3 is 0 Å². The summed E-state index contributed by atoms with van der Waals surface area (Å²) >= 11 is 0. The number of aliphatic hydroxyl groups excluding tert-OH is 1. The maximum absolute atomic E-state index is 9.14. The first-order chi connectivity index (χ1) is 5.16. The van der Waals surface area contributed by atoms with E-state index in [-0.39, 0.29) is 6.10 Å². The molecule has 0 bridgehead atoms. The minimum Gasteiger partial charge on any atom is -0.393 e. The third-order valence-corrected chi connectivity index (χ3v) is 1.48. The number of hydrogen-bond acceptors (Lipinski definition) is 3. The third-order valence-electron chi connectivity index (χ3n) is 1.48.